The molecule has 0 spiro atoms. The van der Waals surface area contributed by atoms with Gasteiger partial charge in [0.25, 0.3) is 11.8 Å². The van der Waals surface area contributed by atoms with Gasteiger partial charge in [-0.25, -0.2) is 4.98 Å². The van der Waals surface area contributed by atoms with E-state index in [1.165, 1.54) is 0 Å². The molecule has 33 heavy (non-hydrogen) atoms. The summed E-state index contributed by atoms with van der Waals surface area (Å²) in [5, 5.41) is 6.29. The van der Waals surface area contributed by atoms with E-state index in [9.17, 15) is 9.59 Å². The fraction of sp³-hybridized carbons (Fsp3) is 0.240. The van der Waals surface area contributed by atoms with Crippen LogP contribution in [0.5, 0.6) is 0 Å². The Morgan fingerprint density at radius 2 is 1.79 bits per heavy atom. The van der Waals surface area contributed by atoms with Crippen molar-refractivity contribution in [3.05, 3.63) is 83.4 Å². The van der Waals surface area contributed by atoms with E-state index in [0.717, 1.165) is 11.1 Å². The average Bonchev–Trinajstić information content (AvgIpc) is 3.18. The Morgan fingerprint density at radius 1 is 1.03 bits per heavy atom. The Balaban J connectivity index is 1.63. The second-order valence-corrected chi connectivity index (χ2v) is 8.88. The molecule has 0 bridgehead atoms. The van der Waals surface area contributed by atoms with Crippen LogP contribution >= 0.6 is 0 Å². The smallest absolute Gasteiger partial charge is 0.258 e. The van der Waals surface area contributed by atoms with Crippen molar-refractivity contribution < 1.29 is 9.59 Å². The van der Waals surface area contributed by atoms with Gasteiger partial charge in [-0.15, -0.1) is 0 Å². The normalized spacial score (nSPS) is 11.4. The minimum atomic E-state index is -0.341. The molecule has 0 aliphatic carbocycles. The molecule has 0 saturated carbocycles. The first-order valence-corrected chi connectivity index (χ1v) is 10.7. The molecule has 0 aliphatic heterocycles. The molecule has 8 nitrogen and oxygen atoms in total. The van der Waals surface area contributed by atoms with Gasteiger partial charge < -0.3 is 9.88 Å². The second kappa shape index (κ2) is 8.82. The van der Waals surface area contributed by atoms with Crippen LogP contribution in [0.25, 0.3) is 11.0 Å². The van der Waals surface area contributed by atoms with Gasteiger partial charge in [0.05, 0.1) is 10.9 Å². The number of aryl methyl sites for hydroxylation is 1. The summed E-state index contributed by atoms with van der Waals surface area (Å²) in [4.78, 5) is 38.5. The first kappa shape index (κ1) is 22.1. The third-order valence-electron chi connectivity index (χ3n) is 5.23. The van der Waals surface area contributed by atoms with Crippen molar-refractivity contribution in [3.8, 4) is 0 Å². The topological polar surface area (TPSA) is 102 Å². The molecular formula is C25H26N6O2. The lowest BCUT2D eigenvalue weighted by Gasteiger charge is -2.22. The molecule has 4 rings (SSSR count). The number of fused-ring (bicyclic) bond motifs is 1. The molecule has 1 aromatic carbocycles. The minimum Gasteiger partial charge on any atom is -0.348 e. The van der Waals surface area contributed by atoms with Crippen LogP contribution in [0.1, 0.15) is 52.6 Å². The van der Waals surface area contributed by atoms with Crippen molar-refractivity contribution in [3.63, 3.8) is 0 Å². The Morgan fingerprint density at radius 3 is 2.45 bits per heavy atom. The maximum atomic E-state index is 13.0. The molecule has 2 N–H and O–H groups in total. The molecule has 0 unspecified atom stereocenters. The van der Waals surface area contributed by atoms with Gasteiger partial charge in [-0.05, 0) is 51.5 Å². The van der Waals surface area contributed by atoms with E-state index in [4.69, 9.17) is 0 Å². The van der Waals surface area contributed by atoms with Crippen molar-refractivity contribution >= 4 is 28.8 Å². The SMILES string of the molecule is Cc1ccc(C(=O)Nc2ncc3c(C(=O)NCc4cccnc4)cn(C(C)(C)C)c3n2)cc1. The number of hydrogen-bond donors (Lipinski definition) is 2. The molecule has 3 heterocycles. The highest BCUT2D eigenvalue weighted by atomic mass is 16.2. The number of nitrogens with one attached hydrogen (secondary N) is 2. The Hall–Kier alpha value is -4.07. The lowest BCUT2D eigenvalue weighted by molar-refractivity contribution is 0.0951. The molecule has 4 aromatic rings. The predicted octanol–water partition coefficient (Wildman–Crippen LogP) is 4.07. The van der Waals surface area contributed by atoms with Crippen molar-refractivity contribution in [1.29, 1.82) is 0 Å². The van der Waals surface area contributed by atoms with E-state index in [-0.39, 0.29) is 23.3 Å². The molecule has 168 valence electrons. The van der Waals surface area contributed by atoms with E-state index in [0.29, 0.717) is 28.7 Å². The molecule has 8 heteroatoms. The van der Waals surface area contributed by atoms with E-state index < -0.39 is 0 Å². The van der Waals surface area contributed by atoms with Gasteiger partial charge in [0.1, 0.15) is 5.65 Å². The van der Waals surface area contributed by atoms with Crippen LogP contribution in [0.4, 0.5) is 5.95 Å². The number of amides is 2. The van der Waals surface area contributed by atoms with Crippen molar-refractivity contribution in [1.82, 2.24) is 24.8 Å². The van der Waals surface area contributed by atoms with E-state index in [2.05, 4.69) is 25.6 Å². The molecule has 0 aliphatic rings. The Labute approximate surface area is 192 Å². The predicted molar refractivity (Wildman–Crippen MR) is 127 cm³/mol. The second-order valence-electron chi connectivity index (χ2n) is 8.88. The number of nitrogens with zero attached hydrogens (tertiary/aromatic N) is 4. The molecule has 0 fully saturated rings. The number of anilines is 1. The first-order valence-electron chi connectivity index (χ1n) is 10.7. The van der Waals surface area contributed by atoms with Gasteiger partial charge in [0.15, 0.2) is 0 Å². The number of pyridine rings is 1. The molecular weight excluding hydrogens is 416 g/mol. The Kier molecular flexibility index (Phi) is 5.91. The number of rotatable bonds is 5. The third-order valence-corrected chi connectivity index (χ3v) is 5.23. The van der Waals surface area contributed by atoms with Gasteiger partial charge >= 0.3 is 0 Å². The van der Waals surface area contributed by atoms with E-state index in [1.807, 2.05) is 56.5 Å². The average molecular weight is 443 g/mol. The van der Waals surface area contributed by atoms with Gasteiger partial charge in [0, 0.05) is 42.4 Å². The van der Waals surface area contributed by atoms with Crippen molar-refractivity contribution in [2.24, 2.45) is 0 Å². The number of carbonyl (C=O) groups excluding carboxylic acids is 2. The molecule has 0 radical (unpaired) electrons. The van der Waals surface area contributed by atoms with Crippen LogP contribution in [0.15, 0.2) is 61.2 Å². The summed E-state index contributed by atoms with van der Waals surface area (Å²) in [5.41, 5.74) is 3.20. The van der Waals surface area contributed by atoms with E-state index >= 15 is 0 Å². The van der Waals surface area contributed by atoms with E-state index in [1.54, 1.807) is 36.9 Å². The summed E-state index contributed by atoms with van der Waals surface area (Å²) in [6, 6.07) is 11.0. The van der Waals surface area contributed by atoms with Crippen LogP contribution in [-0.4, -0.2) is 31.3 Å². The lowest BCUT2D eigenvalue weighted by Crippen LogP contribution is -2.23. The van der Waals surface area contributed by atoms with Gasteiger partial charge in [0.2, 0.25) is 5.95 Å². The standard InChI is InChI=1S/C25H26N6O2/c1-16-7-9-18(10-8-16)22(32)30-24-28-14-19-20(15-31(21(19)29-24)25(2,3)4)23(33)27-13-17-6-5-11-26-12-17/h5-12,14-15H,13H2,1-4H3,(H,27,33)(H,28,29,30,32). The van der Waals surface area contributed by atoms with Gasteiger partial charge in [-0.2, -0.15) is 4.98 Å². The van der Waals surface area contributed by atoms with Crippen LogP contribution in [0, 0.1) is 6.92 Å². The van der Waals surface area contributed by atoms with Crippen LogP contribution in [0.3, 0.4) is 0 Å². The molecule has 0 saturated heterocycles. The van der Waals surface area contributed by atoms with Crippen LogP contribution < -0.4 is 10.6 Å². The minimum absolute atomic E-state index is 0.180. The van der Waals surface area contributed by atoms with Crippen LogP contribution in [-0.2, 0) is 12.1 Å². The maximum Gasteiger partial charge on any atom is 0.258 e. The zero-order chi connectivity index (χ0) is 23.6. The fourth-order valence-corrected chi connectivity index (χ4v) is 3.42. The van der Waals surface area contributed by atoms with Gasteiger partial charge in [-0.3, -0.25) is 19.9 Å². The number of aromatic nitrogens is 4. The highest BCUT2D eigenvalue weighted by Gasteiger charge is 2.23. The number of carbonyl (C=O) groups is 2. The quantitative estimate of drug-likeness (QED) is 0.485. The highest BCUT2D eigenvalue weighted by Crippen LogP contribution is 2.27. The van der Waals surface area contributed by atoms with Crippen molar-refractivity contribution in [2.75, 3.05) is 5.32 Å². The fourth-order valence-electron chi connectivity index (χ4n) is 3.42. The number of hydrogen-bond acceptors (Lipinski definition) is 5. The largest absolute Gasteiger partial charge is 0.348 e. The zero-order valence-corrected chi connectivity index (χ0v) is 19.1. The number of benzene rings is 1. The van der Waals surface area contributed by atoms with Crippen molar-refractivity contribution in [2.45, 2.75) is 39.8 Å². The third kappa shape index (κ3) is 4.90. The highest BCUT2D eigenvalue weighted by molar-refractivity contribution is 6.07. The summed E-state index contributed by atoms with van der Waals surface area (Å²) in [6.45, 7) is 8.40. The lowest BCUT2D eigenvalue weighted by atomic mass is 10.1. The monoisotopic (exact) mass is 442 g/mol. The first-order chi connectivity index (χ1) is 15.7. The zero-order valence-electron chi connectivity index (χ0n) is 19.1. The Bertz CT molecular complexity index is 1300. The molecule has 3 aromatic heterocycles. The summed E-state index contributed by atoms with van der Waals surface area (Å²) >= 11 is 0. The maximum absolute atomic E-state index is 13.0. The summed E-state index contributed by atoms with van der Waals surface area (Å²) in [5.74, 6) is -0.344. The van der Waals surface area contributed by atoms with Crippen LogP contribution in [0.2, 0.25) is 0 Å². The molecule has 0 atom stereocenters. The summed E-state index contributed by atoms with van der Waals surface area (Å²) < 4.78 is 1.92. The summed E-state index contributed by atoms with van der Waals surface area (Å²) in [6.07, 6.45) is 6.76. The van der Waals surface area contributed by atoms with Gasteiger partial charge in [-0.1, -0.05) is 23.8 Å². The summed E-state index contributed by atoms with van der Waals surface area (Å²) in [7, 11) is 0. The molecule has 2 amide bonds.